The van der Waals surface area contributed by atoms with Crippen LogP contribution in [0.25, 0.3) is 11.3 Å². The molecule has 1 heterocycles. The maximum absolute atomic E-state index is 11.3. The Labute approximate surface area is 98.5 Å². The third-order valence-electron chi connectivity index (χ3n) is 2.41. The molecule has 0 saturated carbocycles. The fraction of sp³-hybridized carbons (Fsp3) is 0.0769. The first kappa shape index (κ1) is 11.0. The van der Waals surface area contributed by atoms with Crippen molar-refractivity contribution in [3.63, 3.8) is 0 Å². The predicted octanol–water partition coefficient (Wildman–Crippen LogP) is 2.34. The number of nitrogens with zero attached hydrogens (tertiary/aromatic N) is 1. The summed E-state index contributed by atoms with van der Waals surface area (Å²) < 4.78 is 4.62. The molecule has 0 fully saturated rings. The minimum atomic E-state index is -0.385. The van der Waals surface area contributed by atoms with Gasteiger partial charge in [0.15, 0.2) is 0 Å². The normalized spacial score (nSPS) is 9.65. The number of aromatic amines is 1. The second-order valence-electron chi connectivity index (χ2n) is 3.49. The van der Waals surface area contributed by atoms with Gasteiger partial charge in [0.25, 0.3) is 0 Å². The number of nitrogens with one attached hydrogen (secondary N) is 1. The van der Waals surface area contributed by atoms with Crippen molar-refractivity contribution in [3.8, 4) is 17.3 Å². The molecule has 2 rings (SSSR count). The third kappa shape index (κ3) is 2.18. The molecule has 0 aliphatic carbocycles. The largest absolute Gasteiger partial charge is 0.465 e. The Kier molecular flexibility index (Phi) is 2.93. The van der Waals surface area contributed by atoms with Crippen molar-refractivity contribution in [3.05, 3.63) is 47.7 Å². The standard InChI is InChI=1S/C13H10N2O2/c1-17-13(16)11-6-12(15-8-11)10-4-2-3-9(5-10)7-14/h2-6,8,15H,1H3. The van der Waals surface area contributed by atoms with Gasteiger partial charge < -0.3 is 9.72 Å². The summed E-state index contributed by atoms with van der Waals surface area (Å²) in [4.78, 5) is 14.3. The van der Waals surface area contributed by atoms with Crippen LogP contribution in [0.4, 0.5) is 0 Å². The quantitative estimate of drug-likeness (QED) is 0.799. The van der Waals surface area contributed by atoms with Crippen molar-refractivity contribution in [1.29, 1.82) is 5.26 Å². The van der Waals surface area contributed by atoms with Crippen LogP contribution in [0, 0.1) is 11.3 Å². The summed E-state index contributed by atoms with van der Waals surface area (Å²) in [6.45, 7) is 0. The smallest absolute Gasteiger partial charge is 0.339 e. The highest BCUT2D eigenvalue weighted by Crippen LogP contribution is 2.20. The Hall–Kier alpha value is -2.54. The SMILES string of the molecule is COC(=O)c1c[nH]c(-c2cccc(C#N)c2)c1. The van der Waals surface area contributed by atoms with Gasteiger partial charge in [-0.1, -0.05) is 12.1 Å². The van der Waals surface area contributed by atoms with Gasteiger partial charge in [0.1, 0.15) is 0 Å². The molecule has 0 saturated heterocycles. The van der Waals surface area contributed by atoms with E-state index in [1.807, 2.05) is 6.07 Å². The molecule has 4 heteroatoms. The summed E-state index contributed by atoms with van der Waals surface area (Å²) in [5, 5.41) is 8.81. The third-order valence-corrected chi connectivity index (χ3v) is 2.41. The van der Waals surface area contributed by atoms with Gasteiger partial charge in [-0.3, -0.25) is 0 Å². The molecule has 2 aromatic rings. The monoisotopic (exact) mass is 226 g/mol. The molecule has 4 nitrogen and oxygen atoms in total. The van der Waals surface area contributed by atoms with Crippen molar-refractivity contribution in [2.24, 2.45) is 0 Å². The maximum Gasteiger partial charge on any atom is 0.339 e. The zero-order valence-electron chi connectivity index (χ0n) is 9.23. The summed E-state index contributed by atoms with van der Waals surface area (Å²) >= 11 is 0. The number of benzene rings is 1. The number of H-pyrrole nitrogens is 1. The van der Waals surface area contributed by atoms with Crippen LogP contribution in [0.2, 0.25) is 0 Å². The van der Waals surface area contributed by atoms with E-state index in [0.717, 1.165) is 11.3 Å². The van der Waals surface area contributed by atoms with Crippen molar-refractivity contribution in [2.45, 2.75) is 0 Å². The van der Waals surface area contributed by atoms with Gasteiger partial charge >= 0.3 is 5.97 Å². The second kappa shape index (κ2) is 4.54. The number of carbonyl (C=O) groups is 1. The zero-order chi connectivity index (χ0) is 12.3. The molecule has 1 aromatic heterocycles. The van der Waals surface area contributed by atoms with Crippen LogP contribution in [0.3, 0.4) is 0 Å². The molecule has 1 N–H and O–H groups in total. The maximum atomic E-state index is 11.3. The van der Waals surface area contributed by atoms with Gasteiger partial charge in [-0.05, 0) is 23.8 Å². The van der Waals surface area contributed by atoms with Crippen molar-refractivity contribution in [1.82, 2.24) is 4.98 Å². The van der Waals surface area contributed by atoms with Gasteiger partial charge in [-0.2, -0.15) is 5.26 Å². The molecule has 0 aliphatic rings. The Morgan fingerprint density at radius 1 is 1.41 bits per heavy atom. The van der Waals surface area contributed by atoms with Gasteiger partial charge in [0, 0.05) is 11.9 Å². The van der Waals surface area contributed by atoms with Crippen LogP contribution >= 0.6 is 0 Å². The average Bonchev–Trinajstić information content (AvgIpc) is 2.87. The molecule has 0 aliphatic heterocycles. The van der Waals surface area contributed by atoms with E-state index in [1.54, 1.807) is 30.5 Å². The Balaban J connectivity index is 2.37. The lowest BCUT2D eigenvalue weighted by atomic mass is 10.1. The predicted molar refractivity (Wildman–Crippen MR) is 62.3 cm³/mol. The van der Waals surface area contributed by atoms with E-state index in [2.05, 4.69) is 15.8 Å². The van der Waals surface area contributed by atoms with E-state index in [9.17, 15) is 4.79 Å². The summed E-state index contributed by atoms with van der Waals surface area (Å²) in [6.07, 6.45) is 1.58. The molecule has 17 heavy (non-hydrogen) atoms. The van der Waals surface area contributed by atoms with Crippen LogP contribution in [0.15, 0.2) is 36.5 Å². The highest BCUT2D eigenvalue weighted by molar-refractivity contribution is 5.90. The van der Waals surface area contributed by atoms with Crippen molar-refractivity contribution in [2.75, 3.05) is 7.11 Å². The minimum Gasteiger partial charge on any atom is -0.465 e. The topological polar surface area (TPSA) is 65.9 Å². The fourth-order valence-corrected chi connectivity index (χ4v) is 1.55. The number of aromatic nitrogens is 1. The number of rotatable bonds is 2. The van der Waals surface area contributed by atoms with E-state index in [-0.39, 0.29) is 5.97 Å². The summed E-state index contributed by atoms with van der Waals surface area (Å²) in [7, 11) is 1.34. The van der Waals surface area contributed by atoms with Gasteiger partial charge in [-0.15, -0.1) is 0 Å². The Bertz CT molecular complexity index is 593. The number of esters is 1. The van der Waals surface area contributed by atoms with E-state index in [0.29, 0.717) is 11.1 Å². The molecule has 0 spiro atoms. The molecule has 84 valence electrons. The molecular formula is C13H10N2O2. The first-order valence-electron chi connectivity index (χ1n) is 5.02. The van der Waals surface area contributed by atoms with Crippen LogP contribution in [-0.2, 0) is 4.74 Å². The highest BCUT2D eigenvalue weighted by Gasteiger charge is 2.09. The number of nitriles is 1. The summed E-state index contributed by atoms with van der Waals surface area (Å²) in [6, 6.07) is 10.9. The summed E-state index contributed by atoms with van der Waals surface area (Å²) in [5.41, 5.74) is 2.68. The Morgan fingerprint density at radius 2 is 2.24 bits per heavy atom. The number of hydrogen-bond acceptors (Lipinski definition) is 3. The molecule has 0 radical (unpaired) electrons. The molecule has 0 amide bonds. The minimum absolute atomic E-state index is 0.385. The van der Waals surface area contributed by atoms with Gasteiger partial charge in [-0.25, -0.2) is 4.79 Å². The average molecular weight is 226 g/mol. The van der Waals surface area contributed by atoms with Crippen molar-refractivity contribution >= 4 is 5.97 Å². The van der Waals surface area contributed by atoms with E-state index < -0.39 is 0 Å². The van der Waals surface area contributed by atoms with Crippen LogP contribution < -0.4 is 0 Å². The first-order valence-corrected chi connectivity index (χ1v) is 5.02. The molecule has 1 aromatic carbocycles. The second-order valence-corrected chi connectivity index (χ2v) is 3.49. The summed E-state index contributed by atoms with van der Waals surface area (Å²) in [5.74, 6) is -0.385. The fourth-order valence-electron chi connectivity index (χ4n) is 1.55. The van der Waals surface area contributed by atoms with Crippen LogP contribution in [-0.4, -0.2) is 18.1 Å². The number of carbonyl (C=O) groups excluding carboxylic acids is 1. The lowest BCUT2D eigenvalue weighted by Crippen LogP contribution is -1.98. The van der Waals surface area contributed by atoms with E-state index in [4.69, 9.17) is 5.26 Å². The van der Waals surface area contributed by atoms with Crippen LogP contribution in [0.1, 0.15) is 15.9 Å². The first-order chi connectivity index (χ1) is 8.24. The van der Waals surface area contributed by atoms with E-state index >= 15 is 0 Å². The molecular weight excluding hydrogens is 216 g/mol. The van der Waals surface area contributed by atoms with E-state index in [1.165, 1.54) is 7.11 Å². The van der Waals surface area contributed by atoms with Crippen molar-refractivity contribution < 1.29 is 9.53 Å². The lowest BCUT2D eigenvalue weighted by Gasteiger charge is -1.97. The van der Waals surface area contributed by atoms with Crippen LogP contribution in [0.5, 0.6) is 0 Å². The number of ether oxygens (including phenoxy) is 1. The molecule has 0 unspecified atom stereocenters. The Morgan fingerprint density at radius 3 is 2.94 bits per heavy atom. The number of hydrogen-bond donors (Lipinski definition) is 1. The molecule has 0 atom stereocenters. The zero-order valence-corrected chi connectivity index (χ0v) is 9.23. The number of methoxy groups -OCH3 is 1. The molecule has 0 bridgehead atoms. The van der Waals surface area contributed by atoms with Gasteiger partial charge in [0.05, 0.1) is 24.3 Å². The highest BCUT2D eigenvalue weighted by atomic mass is 16.5. The van der Waals surface area contributed by atoms with Gasteiger partial charge in [0.2, 0.25) is 0 Å². The lowest BCUT2D eigenvalue weighted by molar-refractivity contribution is 0.0601.